The van der Waals surface area contributed by atoms with E-state index in [1.807, 2.05) is 18.7 Å². The zero-order valence-corrected chi connectivity index (χ0v) is 24.7. The number of alkyl halides is 3. The highest BCUT2D eigenvalue weighted by molar-refractivity contribution is 7.88. The Morgan fingerprint density at radius 1 is 1.07 bits per heavy atom. The van der Waals surface area contributed by atoms with Crippen molar-refractivity contribution in [2.24, 2.45) is 7.05 Å². The molecule has 0 amide bonds. The predicted molar refractivity (Wildman–Crippen MR) is 155 cm³/mol. The molecular formula is C28H34F3N7O3S. The average molecular weight is 606 g/mol. The van der Waals surface area contributed by atoms with Gasteiger partial charge in [-0.3, -0.25) is 9.47 Å². The summed E-state index contributed by atoms with van der Waals surface area (Å²) in [5, 5.41) is 0. The van der Waals surface area contributed by atoms with Crippen LogP contribution in [0.3, 0.4) is 0 Å². The molecule has 14 heteroatoms. The Hall–Kier alpha value is -3.54. The van der Waals surface area contributed by atoms with Crippen molar-refractivity contribution < 1.29 is 21.6 Å². The van der Waals surface area contributed by atoms with Gasteiger partial charge in [0.2, 0.25) is 15.5 Å². The number of sulfonamides is 1. The molecule has 1 saturated heterocycles. The average Bonchev–Trinajstić information content (AvgIpc) is 2.95. The lowest BCUT2D eigenvalue weighted by Gasteiger charge is -2.49. The van der Waals surface area contributed by atoms with E-state index in [2.05, 4.69) is 24.4 Å². The molecule has 3 atom stereocenters. The maximum absolute atomic E-state index is 13.3. The number of nitrogens with one attached hydrogen (secondary N) is 1. The molecule has 1 fully saturated rings. The second kappa shape index (κ2) is 12.4. The topological polar surface area (TPSA) is 105 Å². The number of aryl methyl sites for hydroxylation is 1. The van der Waals surface area contributed by atoms with E-state index in [9.17, 15) is 26.4 Å². The van der Waals surface area contributed by atoms with Gasteiger partial charge >= 0.3 is 11.9 Å². The van der Waals surface area contributed by atoms with Gasteiger partial charge in [0.15, 0.2) is 5.82 Å². The quantitative estimate of drug-likeness (QED) is 0.364. The number of fused-ring (bicyclic) bond motifs is 1. The van der Waals surface area contributed by atoms with Gasteiger partial charge in [-0.1, -0.05) is 32.6 Å². The monoisotopic (exact) mass is 605 g/mol. The van der Waals surface area contributed by atoms with Crippen molar-refractivity contribution in [2.45, 2.75) is 57.4 Å². The van der Waals surface area contributed by atoms with Gasteiger partial charge in [-0.2, -0.15) is 18.2 Å². The van der Waals surface area contributed by atoms with Crippen LogP contribution in [0.15, 0.2) is 41.2 Å². The molecule has 42 heavy (non-hydrogen) atoms. The molecule has 0 saturated carbocycles. The number of nitrogens with zero attached hydrogens (tertiary/aromatic N) is 6. The highest BCUT2D eigenvalue weighted by Gasteiger charge is 2.39. The summed E-state index contributed by atoms with van der Waals surface area (Å²) in [6.45, 7) is 12.5. The molecule has 226 valence electrons. The fraction of sp³-hybridized carbons (Fsp3) is 0.500. The van der Waals surface area contributed by atoms with E-state index in [0.29, 0.717) is 54.8 Å². The lowest BCUT2D eigenvalue weighted by atomic mass is 9.94. The van der Waals surface area contributed by atoms with Crippen LogP contribution < -0.4 is 15.3 Å². The molecule has 1 N–H and O–H groups in total. The number of pyridine rings is 1. The summed E-state index contributed by atoms with van der Waals surface area (Å²) in [6.07, 6.45) is -1.73. The predicted octanol–water partition coefficient (Wildman–Crippen LogP) is 4.26. The van der Waals surface area contributed by atoms with Crippen LogP contribution >= 0.6 is 0 Å². The number of benzene rings is 1. The summed E-state index contributed by atoms with van der Waals surface area (Å²) in [5.41, 5.74) is 0.453. The first kappa shape index (κ1) is 31.4. The minimum absolute atomic E-state index is 0.108. The van der Waals surface area contributed by atoms with Crippen molar-refractivity contribution in [3.8, 4) is 0 Å². The zero-order valence-electron chi connectivity index (χ0n) is 23.9. The van der Waals surface area contributed by atoms with Crippen molar-refractivity contribution in [1.82, 2.24) is 24.2 Å². The largest absolute Gasteiger partial charge is 0.416 e. The molecular weight excluding hydrogens is 571 g/mol. The standard InChI is InChI=1S/C28H34F3N7O3S/c1-6-20-17-38(26-25-23(36(4)27(39)35-26)12-13-24(32-3)34-25)21(7-2)16-37(20)22(14-15-33-42(5,40)41)18-8-10-19(11-9-18)28(29,30)31/h8-13,20-22,33H,6-7,14-17H2,1-2,4-5H3/t20-,21+,22?/m1/s1. The zero-order chi connectivity index (χ0) is 30.8. The summed E-state index contributed by atoms with van der Waals surface area (Å²) >= 11 is 0. The maximum Gasteiger partial charge on any atom is 0.416 e. The molecule has 1 unspecified atom stereocenters. The van der Waals surface area contributed by atoms with Crippen LogP contribution in [0.2, 0.25) is 0 Å². The van der Waals surface area contributed by atoms with E-state index in [1.54, 1.807) is 19.2 Å². The second-order valence-corrected chi connectivity index (χ2v) is 12.3. The Kier molecular flexibility index (Phi) is 9.24. The van der Waals surface area contributed by atoms with Crippen molar-refractivity contribution >= 4 is 32.7 Å². The molecule has 0 spiro atoms. The van der Waals surface area contributed by atoms with Crippen LogP contribution in [0.25, 0.3) is 15.9 Å². The third kappa shape index (κ3) is 6.74. The molecule has 3 aromatic rings. The van der Waals surface area contributed by atoms with Gasteiger partial charge in [-0.05, 0) is 49.1 Å². The summed E-state index contributed by atoms with van der Waals surface area (Å²) in [7, 11) is -1.86. The van der Waals surface area contributed by atoms with E-state index in [1.165, 1.54) is 16.7 Å². The molecule has 4 rings (SSSR count). The van der Waals surface area contributed by atoms with Crippen molar-refractivity contribution in [2.75, 3.05) is 30.8 Å². The Morgan fingerprint density at radius 2 is 1.74 bits per heavy atom. The van der Waals surface area contributed by atoms with E-state index in [-0.39, 0.29) is 30.5 Å². The third-order valence-electron chi connectivity index (χ3n) is 7.79. The van der Waals surface area contributed by atoms with Gasteiger partial charge in [0.05, 0.1) is 17.3 Å². The lowest BCUT2D eigenvalue weighted by Crippen LogP contribution is -2.59. The van der Waals surface area contributed by atoms with Crippen LogP contribution in [0, 0.1) is 6.57 Å². The number of rotatable bonds is 9. The summed E-state index contributed by atoms with van der Waals surface area (Å²) < 4.78 is 67.4. The van der Waals surface area contributed by atoms with E-state index in [4.69, 9.17) is 6.57 Å². The molecule has 0 bridgehead atoms. The fourth-order valence-corrected chi connectivity index (χ4v) is 6.07. The molecule has 0 aliphatic carbocycles. The molecule has 3 heterocycles. The number of halogens is 3. The molecule has 1 aliphatic rings. The molecule has 1 aromatic carbocycles. The van der Waals surface area contributed by atoms with Gasteiger partial charge in [0, 0.05) is 44.8 Å². The molecule has 0 radical (unpaired) electrons. The highest BCUT2D eigenvalue weighted by atomic mass is 32.2. The van der Waals surface area contributed by atoms with E-state index < -0.39 is 27.5 Å². The first-order valence-electron chi connectivity index (χ1n) is 13.7. The third-order valence-corrected chi connectivity index (χ3v) is 8.52. The minimum Gasteiger partial charge on any atom is -0.361 e. The number of anilines is 1. The summed E-state index contributed by atoms with van der Waals surface area (Å²) in [4.78, 5) is 29.4. The number of aromatic nitrogens is 3. The molecule has 2 aromatic heterocycles. The molecule has 1 aliphatic heterocycles. The SMILES string of the molecule is [C-]#[N+]c1ccc2c(n1)c(N1C[C@@H](CC)N(C(CCNS(C)(=O)=O)c3ccc(C(F)(F)F)cc3)C[C@@H]1CC)nc(=O)n2C. The fourth-order valence-electron chi connectivity index (χ4n) is 5.59. The van der Waals surface area contributed by atoms with Crippen LogP contribution in [0.5, 0.6) is 0 Å². The number of hydrogen-bond acceptors (Lipinski definition) is 7. The smallest absolute Gasteiger partial charge is 0.361 e. The molecule has 10 nitrogen and oxygen atoms in total. The summed E-state index contributed by atoms with van der Waals surface area (Å²) in [5.74, 6) is 0.581. The van der Waals surface area contributed by atoms with Crippen molar-refractivity contribution in [3.05, 3.63) is 69.4 Å². The van der Waals surface area contributed by atoms with Crippen LogP contribution in [0.4, 0.5) is 24.8 Å². The van der Waals surface area contributed by atoms with Crippen LogP contribution in [0.1, 0.15) is 50.3 Å². The van der Waals surface area contributed by atoms with E-state index in [0.717, 1.165) is 18.4 Å². The first-order valence-corrected chi connectivity index (χ1v) is 15.6. The maximum atomic E-state index is 13.3. The normalized spacial score (nSPS) is 19.1. The second-order valence-electron chi connectivity index (χ2n) is 10.5. The lowest BCUT2D eigenvalue weighted by molar-refractivity contribution is -0.137. The Bertz CT molecular complexity index is 1640. The van der Waals surface area contributed by atoms with Gasteiger partial charge < -0.3 is 9.74 Å². The Balaban J connectivity index is 1.75. The van der Waals surface area contributed by atoms with Gasteiger partial charge in [0.25, 0.3) is 5.82 Å². The van der Waals surface area contributed by atoms with Gasteiger partial charge in [0.1, 0.15) is 0 Å². The van der Waals surface area contributed by atoms with Crippen molar-refractivity contribution in [1.29, 1.82) is 0 Å². The number of hydrogen-bond donors (Lipinski definition) is 1. The van der Waals surface area contributed by atoms with Gasteiger partial charge in [-0.15, -0.1) is 4.98 Å². The Morgan fingerprint density at radius 3 is 2.31 bits per heavy atom. The van der Waals surface area contributed by atoms with Crippen molar-refractivity contribution in [3.63, 3.8) is 0 Å². The highest BCUT2D eigenvalue weighted by Crippen LogP contribution is 2.37. The summed E-state index contributed by atoms with van der Waals surface area (Å²) in [6, 6.07) is 7.64. The number of piperazine rings is 1. The van der Waals surface area contributed by atoms with E-state index >= 15 is 0 Å². The van der Waals surface area contributed by atoms with Gasteiger partial charge in [-0.25, -0.2) is 17.9 Å². The van der Waals surface area contributed by atoms with Crippen LogP contribution in [-0.2, 0) is 23.2 Å². The minimum atomic E-state index is -4.47. The Labute approximate surface area is 243 Å². The van der Waals surface area contributed by atoms with Crippen LogP contribution in [-0.4, -0.2) is 65.8 Å². The first-order chi connectivity index (χ1) is 19.8.